The molecule has 13 N–H and O–H groups in total. The minimum Gasteiger partial charge on any atom is -0.548 e. The van der Waals surface area contributed by atoms with Gasteiger partial charge in [0.2, 0.25) is 0 Å². The Morgan fingerprint density at radius 3 is 1.62 bits per heavy atom. The topological polar surface area (TPSA) is 261 Å². The van der Waals surface area contributed by atoms with Gasteiger partial charge in [0.05, 0.1) is 5.97 Å². The van der Waals surface area contributed by atoms with Gasteiger partial charge in [-0.25, -0.2) is 0 Å². The van der Waals surface area contributed by atoms with Crippen LogP contribution in [0.3, 0.4) is 0 Å². The van der Waals surface area contributed by atoms with E-state index in [0.29, 0.717) is 0 Å². The SMILES string of the molecule is N[C@@H](CCC(=O)O)C(=O)[O-].O.O.O.O.O.[Na+]. The molecule has 0 aromatic carbocycles. The van der Waals surface area contributed by atoms with E-state index in [1.807, 2.05) is 0 Å². The Morgan fingerprint density at radius 2 is 1.44 bits per heavy atom. The molecule has 0 radical (unpaired) electrons. The molecular formula is C5H18NNaO9. The van der Waals surface area contributed by atoms with E-state index in [1.165, 1.54) is 0 Å². The molecule has 0 amide bonds. The average Bonchev–Trinajstić information content (AvgIpc) is 1.82. The summed E-state index contributed by atoms with van der Waals surface area (Å²) in [7, 11) is 0. The molecule has 0 saturated heterocycles. The summed E-state index contributed by atoms with van der Waals surface area (Å²) in [5.41, 5.74) is 4.94. The molecule has 0 aliphatic heterocycles. The standard InChI is InChI=1S/C5H9NO4.Na.5H2O/c6-3(5(9)10)1-2-4(7)8;;;;;;/h3H,1-2,6H2,(H,7,8)(H,9,10);;5*1H2/q;+1;;;;;/p-1/t3-;;;;;;/m0....../s1. The first-order chi connectivity index (χ1) is 4.54. The summed E-state index contributed by atoms with van der Waals surface area (Å²) >= 11 is 0. The van der Waals surface area contributed by atoms with Crippen molar-refractivity contribution in [3.05, 3.63) is 0 Å². The average molecular weight is 259 g/mol. The number of nitrogens with two attached hydrogens (primary N) is 1. The fraction of sp³-hybridized carbons (Fsp3) is 0.600. The van der Waals surface area contributed by atoms with Crippen molar-refractivity contribution >= 4 is 11.9 Å². The summed E-state index contributed by atoms with van der Waals surface area (Å²) in [6.45, 7) is 0. The van der Waals surface area contributed by atoms with Crippen molar-refractivity contribution in [3.63, 3.8) is 0 Å². The summed E-state index contributed by atoms with van der Waals surface area (Å²) in [5, 5.41) is 18.0. The zero-order valence-electron chi connectivity index (χ0n) is 8.74. The van der Waals surface area contributed by atoms with Gasteiger partial charge in [-0.2, -0.15) is 0 Å². The van der Waals surface area contributed by atoms with Gasteiger partial charge in [-0.1, -0.05) is 0 Å². The van der Waals surface area contributed by atoms with Crippen LogP contribution in [0.25, 0.3) is 0 Å². The predicted molar refractivity (Wildman–Crippen MR) is 47.9 cm³/mol. The molecule has 0 fully saturated rings. The second-order valence-electron chi connectivity index (χ2n) is 1.86. The molecule has 10 nitrogen and oxygen atoms in total. The van der Waals surface area contributed by atoms with Gasteiger partial charge < -0.3 is 48.1 Å². The molecule has 0 bridgehead atoms. The van der Waals surface area contributed by atoms with Crippen LogP contribution >= 0.6 is 0 Å². The molecule has 0 unspecified atom stereocenters. The molecular weight excluding hydrogens is 241 g/mol. The van der Waals surface area contributed by atoms with Gasteiger partial charge in [0.25, 0.3) is 0 Å². The molecule has 0 rings (SSSR count). The first kappa shape index (κ1) is 44.8. The van der Waals surface area contributed by atoms with E-state index in [4.69, 9.17) is 10.8 Å². The number of hydrogen-bond donors (Lipinski definition) is 2. The third-order valence-corrected chi connectivity index (χ3v) is 0.972. The van der Waals surface area contributed by atoms with Gasteiger partial charge in [0, 0.05) is 12.5 Å². The molecule has 98 valence electrons. The summed E-state index contributed by atoms with van der Waals surface area (Å²) in [6, 6.07) is -1.17. The van der Waals surface area contributed by atoms with Gasteiger partial charge >= 0.3 is 35.5 Å². The normalized spacial score (nSPS) is 7.81. The van der Waals surface area contributed by atoms with Gasteiger partial charge in [0.1, 0.15) is 0 Å². The van der Waals surface area contributed by atoms with Crippen LogP contribution in [0.1, 0.15) is 12.8 Å². The molecule has 1 atom stereocenters. The molecule has 0 spiro atoms. The third kappa shape index (κ3) is 29.2. The second kappa shape index (κ2) is 24.1. The van der Waals surface area contributed by atoms with Crippen LogP contribution in [0.2, 0.25) is 0 Å². The molecule has 0 heterocycles. The quantitative estimate of drug-likeness (QED) is 0.464. The van der Waals surface area contributed by atoms with E-state index in [1.54, 1.807) is 0 Å². The molecule has 0 saturated carbocycles. The van der Waals surface area contributed by atoms with Gasteiger partial charge in [-0.15, -0.1) is 0 Å². The van der Waals surface area contributed by atoms with Crippen molar-refractivity contribution in [2.24, 2.45) is 5.73 Å². The van der Waals surface area contributed by atoms with Gasteiger partial charge in [-0.3, -0.25) is 4.79 Å². The number of carbonyl (C=O) groups is 2. The summed E-state index contributed by atoms with van der Waals surface area (Å²) in [4.78, 5) is 19.7. The first-order valence-corrected chi connectivity index (χ1v) is 2.72. The van der Waals surface area contributed by atoms with E-state index < -0.39 is 18.0 Å². The summed E-state index contributed by atoms with van der Waals surface area (Å²) in [5.74, 6) is -2.47. The second-order valence-corrected chi connectivity index (χ2v) is 1.86. The number of carboxylic acid groups (broad SMARTS) is 2. The zero-order chi connectivity index (χ0) is 8.15. The van der Waals surface area contributed by atoms with E-state index in [2.05, 4.69) is 0 Å². The number of rotatable bonds is 4. The number of carbonyl (C=O) groups excluding carboxylic acids is 1. The van der Waals surface area contributed by atoms with Crippen molar-refractivity contribution < 1.29 is 76.7 Å². The Morgan fingerprint density at radius 1 is 1.12 bits per heavy atom. The Bertz CT molecular complexity index is 155. The van der Waals surface area contributed by atoms with E-state index in [-0.39, 0.29) is 69.8 Å². The van der Waals surface area contributed by atoms with Gasteiger partial charge in [-0.05, 0) is 6.42 Å². The Kier molecular flexibility index (Phi) is 67.5. The van der Waals surface area contributed by atoms with Crippen molar-refractivity contribution in [1.82, 2.24) is 0 Å². The maximum absolute atomic E-state index is 9.88. The molecule has 0 aliphatic carbocycles. The zero-order valence-corrected chi connectivity index (χ0v) is 10.7. The van der Waals surface area contributed by atoms with Crippen LogP contribution in [0, 0.1) is 0 Å². The van der Waals surface area contributed by atoms with E-state index >= 15 is 0 Å². The third-order valence-electron chi connectivity index (χ3n) is 0.972. The molecule has 16 heavy (non-hydrogen) atoms. The Labute approximate surface area is 113 Å². The summed E-state index contributed by atoms with van der Waals surface area (Å²) in [6.07, 6.45) is -0.327. The minimum absolute atomic E-state index is 0. The molecule has 0 aliphatic rings. The van der Waals surface area contributed by atoms with Crippen LogP contribution in [-0.2, 0) is 9.59 Å². The van der Waals surface area contributed by atoms with Crippen LogP contribution < -0.4 is 40.4 Å². The number of carboxylic acids is 2. The minimum atomic E-state index is -1.42. The maximum atomic E-state index is 9.88. The predicted octanol–water partition coefficient (Wildman–Crippen LogP) is -9.19. The Balaban J connectivity index is -0.0000000270. The van der Waals surface area contributed by atoms with E-state index in [0.717, 1.165) is 0 Å². The van der Waals surface area contributed by atoms with Gasteiger partial charge in [0.15, 0.2) is 0 Å². The monoisotopic (exact) mass is 259 g/mol. The molecule has 11 heteroatoms. The van der Waals surface area contributed by atoms with Crippen LogP contribution in [-0.4, -0.2) is 50.5 Å². The molecule has 0 aromatic rings. The fourth-order valence-corrected chi connectivity index (χ4v) is 0.397. The summed E-state index contributed by atoms with van der Waals surface area (Å²) < 4.78 is 0. The molecule has 0 aromatic heterocycles. The smallest absolute Gasteiger partial charge is 0.548 e. The van der Waals surface area contributed by atoms with Crippen molar-refractivity contribution in [2.75, 3.05) is 0 Å². The number of hydrogen-bond acceptors (Lipinski definition) is 4. The van der Waals surface area contributed by atoms with Crippen LogP contribution in [0.4, 0.5) is 0 Å². The van der Waals surface area contributed by atoms with Crippen LogP contribution in [0.5, 0.6) is 0 Å². The van der Waals surface area contributed by atoms with Crippen molar-refractivity contribution in [2.45, 2.75) is 18.9 Å². The van der Waals surface area contributed by atoms with Crippen molar-refractivity contribution in [1.29, 1.82) is 0 Å². The maximum Gasteiger partial charge on any atom is 1.00 e. The van der Waals surface area contributed by atoms with E-state index in [9.17, 15) is 14.7 Å². The van der Waals surface area contributed by atoms with Crippen LogP contribution in [0.15, 0.2) is 0 Å². The largest absolute Gasteiger partial charge is 1.00 e. The first-order valence-electron chi connectivity index (χ1n) is 2.72. The number of aliphatic carboxylic acids is 2. The Hall–Kier alpha value is -0.300. The van der Waals surface area contributed by atoms with Crippen molar-refractivity contribution in [3.8, 4) is 0 Å². The fourth-order valence-electron chi connectivity index (χ4n) is 0.397.